The fraction of sp³-hybridized carbons (Fsp3) is 0.367. The number of aliphatic hydroxyl groups is 1. The van der Waals surface area contributed by atoms with Gasteiger partial charge in [0.05, 0.1) is 11.6 Å². The Balaban J connectivity index is 1.60. The van der Waals surface area contributed by atoms with Gasteiger partial charge in [-0.3, -0.25) is 4.98 Å². The third kappa shape index (κ3) is 7.42. The summed E-state index contributed by atoms with van der Waals surface area (Å²) in [6, 6.07) is 6.07. The van der Waals surface area contributed by atoms with Crippen LogP contribution in [0.5, 0.6) is 11.5 Å². The van der Waals surface area contributed by atoms with E-state index in [1.165, 1.54) is 12.1 Å². The third-order valence-electron chi connectivity index (χ3n) is 6.37. The SMILES string of the molecule is C[C@@H](Oc1cc(-c2cnc(C3=CCN(C(=O)OC(C)(C)C)CC3)c(OCCO)c2)cnc1N)c1c(Cl)ccc(F)c1Cl. The quantitative estimate of drug-likeness (QED) is 0.267. The molecule has 4 rings (SSSR count). The number of nitrogens with zero attached hydrogens (tertiary/aromatic N) is 3. The molecular weight excluding hydrogens is 586 g/mol. The highest BCUT2D eigenvalue weighted by atomic mass is 35.5. The topological polar surface area (TPSA) is 120 Å². The van der Waals surface area contributed by atoms with Gasteiger partial charge in [0.2, 0.25) is 0 Å². The van der Waals surface area contributed by atoms with Crippen LogP contribution in [0.4, 0.5) is 15.0 Å². The highest BCUT2D eigenvalue weighted by Gasteiger charge is 2.26. The van der Waals surface area contributed by atoms with Gasteiger partial charge in [-0.2, -0.15) is 0 Å². The first-order valence-electron chi connectivity index (χ1n) is 13.3. The minimum absolute atomic E-state index is 0.0659. The fourth-order valence-corrected chi connectivity index (χ4v) is 5.04. The molecule has 1 aromatic carbocycles. The van der Waals surface area contributed by atoms with Gasteiger partial charge in [0.25, 0.3) is 0 Å². The maximum atomic E-state index is 14.1. The van der Waals surface area contributed by atoms with Crippen molar-refractivity contribution >= 4 is 40.7 Å². The van der Waals surface area contributed by atoms with Crippen LogP contribution < -0.4 is 15.2 Å². The normalized spacial score (nSPS) is 14.3. The van der Waals surface area contributed by atoms with Gasteiger partial charge in [-0.05, 0) is 64.0 Å². The Kier molecular flexibility index (Phi) is 9.81. The Morgan fingerprint density at radius 3 is 2.50 bits per heavy atom. The fourth-order valence-electron chi connectivity index (χ4n) is 4.36. The van der Waals surface area contributed by atoms with Crippen molar-refractivity contribution in [3.8, 4) is 22.6 Å². The second-order valence-electron chi connectivity index (χ2n) is 10.7. The van der Waals surface area contributed by atoms with Crippen LogP contribution in [0.25, 0.3) is 16.7 Å². The molecule has 42 heavy (non-hydrogen) atoms. The summed E-state index contributed by atoms with van der Waals surface area (Å²) in [4.78, 5) is 23.0. The summed E-state index contributed by atoms with van der Waals surface area (Å²) in [6.45, 7) is 7.88. The van der Waals surface area contributed by atoms with E-state index in [1.807, 2.05) is 26.8 Å². The van der Waals surface area contributed by atoms with E-state index in [9.17, 15) is 14.3 Å². The van der Waals surface area contributed by atoms with Crippen LogP contribution in [0.3, 0.4) is 0 Å². The Labute approximate surface area is 254 Å². The molecule has 0 unspecified atom stereocenters. The molecule has 9 nitrogen and oxygen atoms in total. The predicted molar refractivity (Wildman–Crippen MR) is 160 cm³/mol. The van der Waals surface area contributed by atoms with Crippen molar-refractivity contribution < 1.29 is 28.5 Å². The molecule has 0 spiro atoms. The Morgan fingerprint density at radius 2 is 1.86 bits per heavy atom. The van der Waals surface area contributed by atoms with Crippen molar-refractivity contribution in [3.63, 3.8) is 0 Å². The lowest BCUT2D eigenvalue weighted by Gasteiger charge is -2.29. The largest absolute Gasteiger partial charge is 0.489 e. The van der Waals surface area contributed by atoms with E-state index < -0.39 is 17.5 Å². The number of pyridine rings is 2. The number of ether oxygens (including phenoxy) is 3. The molecule has 12 heteroatoms. The molecule has 1 aliphatic rings. The molecular formula is C30H33Cl2FN4O5. The van der Waals surface area contributed by atoms with Crippen molar-refractivity contribution in [1.82, 2.24) is 14.9 Å². The highest BCUT2D eigenvalue weighted by molar-refractivity contribution is 6.36. The van der Waals surface area contributed by atoms with E-state index in [0.29, 0.717) is 47.6 Å². The number of hydrogen-bond donors (Lipinski definition) is 2. The predicted octanol–water partition coefficient (Wildman–Crippen LogP) is 6.71. The van der Waals surface area contributed by atoms with E-state index >= 15 is 0 Å². The molecule has 0 bridgehead atoms. The first kappa shape index (κ1) is 31.3. The van der Waals surface area contributed by atoms with E-state index in [-0.39, 0.29) is 40.9 Å². The lowest BCUT2D eigenvalue weighted by atomic mass is 10.0. The van der Waals surface area contributed by atoms with Crippen LogP contribution in [0.1, 0.15) is 51.5 Å². The summed E-state index contributed by atoms with van der Waals surface area (Å²) < 4.78 is 31.4. The molecule has 0 fully saturated rings. The second-order valence-corrected chi connectivity index (χ2v) is 11.5. The number of amides is 1. The summed E-state index contributed by atoms with van der Waals surface area (Å²) in [7, 11) is 0. The number of carbonyl (C=O) groups excluding carboxylic acids is 1. The van der Waals surface area contributed by atoms with Gasteiger partial charge in [-0.15, -0.1) is 0 Å². The van der Waals surface area contributed by atoms with Gasteiger partial charge >= 0.3 is 6.09 Å². The standard InChI is InChI=1S/C30H33Cl2FN4O5/c1-17(25-21(31)5-6-22(33)26(25)32)41-24-14-20(16-36-28(24)34)19-13-23(40-12-11-38)27(35-15-19)18-7-9-37(10-8-18)29(39)42-30(2,3)4/h5-7,13-17,38H,8-12H2,1-4H3,(H2,34,36)/t17-/m1/s1. The first-order valence-corrected chi connectivity index (χ1v) is 14.1. The van der Waals surface area contributed by atoms with Gasteiger partial charge in [0, 0.05) is 47.2 Å². The zero-order valence-corrected chi connectivity index (χ0v) is 25.3. The highest BCUT2D eigenvalue weighted by Crippen LogP contribution is 2.38. The van der Waals surface area contributed by atoms with Crippen molar-refractivity contribution in [1.29, 1.82) is 0 Å². The number of aliphatic hydroxyl groups excluding tert-OH is 1. The molecule has 1 amide bonds. The van der Waals surface area contributed by atoms with Gasteiger partial charge < -0.3 is 30.0 Å². The molecule has 0 saturated carbocycles. The molecule has 224 valence electrons. The van der Waals surface area contributed by atoms with Gasteiger partial charge in [0.15, 0.2) is 11.6 Å². The zero-order valence-electron chi connectivity index (χ0n) is 23.8. The smallest absolute Gasteiger partial charge is 0.410 e. The maximum absolute atomic E-state index is 14.1. The first-order chi connectivity index (χ1) is 19.9. The molecule has 3 N–H and O–H groups in total. The van der Waals surface area contributed by atoms with E-state index in [1.54, 1.807) is 36.4 Å². The molecule has 0 saturated heterocycles. The lowest BCUT2D eigenvalue weighted by Crippen LogP contribution is -2.39. The number of anilines is 1. The van der Waals surface area contributed by atoms with Gasteiger partial charge in [-0.1, -0.05) is 29.3 Å². The van der Waals surface area contributed by atoms with Crippen molar-refractivity contribution in [2.24, 2.45) is 0 Å². The molecule has 0 aliphatic carbocycles. The van der Waals surface area contributed by atoms with Crippen molar-refractivity contribution in [3.05, 3.63) is 69.9 Å². The van der Waals surface area contributed by atoms with Gasteiger partial charge in [0.1, 0.15) is 35.6 Å². The molecule has 1 aliphatic heterocycles. The molecule has 3 heterocycles. The Bertz CT molecular complexity index is 1500. The van der Waals surface area contributed by atoms with Crippen molar-refractivity contribution in [2.75, 3.05) is 32.0 Å². The average molecular weight is 620 g/mol. The number of carbonyl (C=O) groups is 1. The number of halogens is 3. The van der Waals surface area contributed by atoms with Crippen molar-refractivity contribution in [2.45, 2.75) is 45.8 Å². The van der Waals surface area contributed by atoms with Crippen LogP contribution in [0.15, 0.2) is 42.7 Å². The Morgan fingerprint density at radius 1 is 1.17 bits per heavy atom. The minimum Gasteiger partial charge on any atom is -0.489 e. The lowest BCUT2D eigenvalue weighted by molar-refractivity contribution is 0.0270. The number of aromatic nitrogens is 2. The van der Waals surface area contributed by atoms with E-state index in [0.717, 1.165) is 5.57 Å². The Hall–Kier alpha value is -3.60. The summed E-state index contributed by atoms with van der Waals surface area (Å²) in [6.07, 6.45) is 4.60. The summed E-state index contributed by atoms with van der Waals surface area (Å²) in [5, 5.41) is 9.53. The van der Waals surface area contributed by atoms with Gasteiger partial charge in [-0.25, -0.2) is 14.2 Å². The number of rotatable bonds is 8. The third-order valence-corrected chi connectivity index (χ3v) is 7.09. The van der Waals surface area contributed by atoms with Crippen LogP contribution in [-0.4, -0.2) is 58.0 Å². The average Bonchev–Trinajstić information content (AvgIpc) is 2.94. The van der Waals surface area contributed by atoms with Crippen LogP contribution in [-0.2, 0) is 4.74 Å². The zero-order chi connectivity index (χ0) is 30.6. The molecule has 2 aromatic heterocycles. The second kappa shape index (κ2) is 13.1. The summed E-state index contributed by atoms with van der Waals surface area (Å²) in [5.74, 6) is 0.219. The summed E-state index contributed by atoms with van der Waals surface area (Å²) in [5.41, 5.74) is 8.61. The molecule has 3 aromatic rings. The number of benzene rings is 1. The maximum Gasteiger partial charge on any atom is 0.410 e. The van der Waals surface area contributed by atoms with E-state index in [4.69, 9.17) is 43.1 Å². The molecule has 1 atom stereocenters. The summed E-state index contributed by atoms with van der Waals surface area (Å²) >= 11 is 12.4. The minimum atomic E-state index is -0.734. The number of nitrogen functional groups attached to an aromatic ring is 1. The molecule has 0 radical (unpaired) electrons. The van der Waals surface area contributed by atoms with E-state index in [2.05, 4.69) is 9.97 Å². The monoisotopic (exact) mass is 618 g/mol. The number of nitrogens with two attached hydrogens (primary N) is 1. The van der Waals surface area contributed by atoms with Crippen LogP contribution >= 0.6 is 23.2 Å². The van der Waals surface area contributed by atoms with Crippen LogP contribution in [0.2, 0.25) is 10.0 Å². The van der Waals surface area contributed by atoms with Crippen LogP contribution in [0, 0.1) is 5.82 Å². The number of hydrogen-bond acceptors (Lipinski definition) is 8.